The Morgan fingerprint density at radius 1 is 1.42 bits per heavy atom. The maximum absolute atomic E-state index is 12.4. The van der Waals surface area contributed by atoms with E-state index in [0.717, 1.165) is 36.2 Å². The summed E-state index contributed by atoms with van der Waals surface area (Å²) in [5, 5.41) is 7.21. The SMILES string of the molecule is O=C(Nc1cnn(C[C@@H]2CCCCO2)c1)c1ccc2ncsc2c1. The summed E-state index contributed by atoms with van der Waals surface area (Å²) in [5.74, 6) is -0.140. The van der Waals surface area contributed by atoms with Gasteiger partial charge < -0.3 is 10.1 Å². The van der Waals surface area contributed by atoms with E-state index in [0.29, 0.717) is 11.3 Å². The second-order valence-corrected chi connectivity index (χ2v) is 6.81. The van der Waals surface area contributed by atoms with Crippen LogP contribution in [0.3, 0.4) is 0 Å². The summed E-state index contributed by atoms with van der Waals surface area (Å²) < 4.78 is 8.56. The van der Waals surface area contributed by atoms with E-state index in [2.05, 4.69) is 15.4 Å². The Morgan fingerprint density at radius 2 is 2.38 bits per heavy atom. The van der Waals surface area contributed by atoms with Gasteiger partial charge in [0.1, 0.15) is 0 Å². The number of thiazole rings is 1. The molecule has 1 N–H and O–H groups in total. The first kappa shape index (κ1) is 15.3. The van der Waals surface area contributed by atoms with Crippen molar-refractivity contribution >= 4 is 33.1 Å². The van der Waals surface area contributed by atoms with E-state index in [1.165, 1.54) is 17.8 Å². The number of nitrogens with zero attached hydrogens (tertiary/aromatic N) is 3. The number of aromatic nitrogens is 3. The Bertz CT molecular complexity index is 851. The zero-order chi connectivity index (χ0) is 16.4. The number of amides is 1. The van der Waals surface area contributed by atoms with Crippen LogP contribution in [-0.4, -0.2) is 33.4 Å². The molecule has 7 heteroatoms. The van der Waals surface area contributed by atoms with Crippen LogP contribution in [0.1, 0.15) is 29.6 Å². The minimum atomic E-state index is -0.140. The third-order valence-corrected chi connectivity index (χ3v) is 4.94. The standard InChI is InChI=1S/C17H18N4O2S/c22-17(12-4-5-15-16(7-12)24-11-18-15)20-13-8-19-21(9-13)10-14-3-1-2-6-23-14/h4-5,7-9,11,14H,1-3,6,10H2,(H,20,22)/t14-/m0/s1. The smallest absolute Gasteiger partial charge is 0.255 e. The van der Waals surface area contributed by atoms with Crippen molar-refractivity contribution in [3.8, 4) is 0 Å². The molecule has 1 amide bonds. The zero-order valence-electron chi connectivity index (χ0n) is 13.1. The predicted molar refractivity (Wildman–Crippen MR) is 93.4 cm³/mol. The molecule has 3 aromatic rings. The van der Waals surface area contributed by atoms with Gasteiger partial charge in [0.05, 0.1) is 40.3 Å². The first-order valence-electron chi connectivity index (χ1n) is 8.06. The fourth-order valence-electron chi connectivity index (χ4n) is 2.89. The first-order valence-corrected chi connectivity index (χ1v) is 8.94. The van der Waals surface area contributed by atoms with Gasteiger partial charge in [-0.2, -0.15) is 5.10 Å². The van der Waals surface area contributed by atoms with Crippen molar-refractivity contribution < 1.29 is 9.53 Å². The summed E-state index contributed by atoms with van der Waals surface area (Å²) in [5.41, 5.74) is 4.01. The van der Waals surface area contributed by atoms with E-state index in [-0.39, 0.29) is 12.0 Å². The van der Waals surface area contributed by atoms with Crippen LogP contribution in [0.5, 0.6) is 0 Å². The molecule has 1 aliphatic rings. The molecular formula is C17H18N4O2S. The largest absolute Gasteiger partial charge is 0.376 e. The molecule has 1 atom stereocenters. The highest BCUT2D eigenvalue weighted by Crippen LogP contribution is 2.20. The van der Waals surface area contributed by atoms with Crippen LogP contribution in [0.15, 0.2) is 36.1 Å². The number of hydrogen-bond acceptors (Lipinski definition) is 5. The lowest BCUT2D eigenvalue weighted by atomic mass is 10.1. The van der Waals surface area contributed by atoms with Crippen molar-refractivity contribution in [2.45, 2.75) is 31.9 Å². The molecule has 124 valence electrons. The van der Waals surface area contributed by atoms with E-state index in [9.17, 15) is 4.79 Å². The molecule has 3 heterocycles. The van der Waals surface area contributed by atoms with Crippen molar-refractivity contribution in [2.24, 2.45) is 0 Å². The summed E-state index contributed by atoms with van der Waals surface area (Å²) in [7, 11) is 0. The number of carbonyl (C=O) groups is 1. The molecule has 4 rings (SSSR count). The molecule has 0 bridgehead atoms. The van der Waals surface area contributed by atoms with Crippen LogP contribution in [-0.2, 0) is 11.3 Å². The number of anilines is 1. The third-order valence-electron chi connectivity index (χ3n) is 4.15. The fourth-order valence-corrected chi connectivity index (χ4v) is 3.60. The predicted octanol–water partition coefficient (Wildman–Crippen LogP) is 3.31. The summed E-state index contributed by atoms with van der Waals surface area (Å²) in [6, 6.07) is 5.52. The van der Waals surface area contributed by atoms with E-state index in [4.69, 9.17) is 4.74 Å². The molecule has 1 aromatic carbocycles. The molecule has 0 saturated carbocycles. The highest BCUT2D eigenvalue weighted by Gasteiger charge is 2.15. The van der Waals surface area contributed by atoms with Gasteiger partial charge in [0.2, 0.25) is 0 Å². The van der Waals surface area contributed by atoms with Gasteiger partial charge >= 0.3 is 0 Å². The molecule has 0 aliphatic carbocycles. The van der Waals surface area contributed by atoms with Gasteiger partial charge in [-0.15, -0.1) is 11.3 Å². The number of fused-ring (bicyclic) bond motifs is 1. The lowest BCUT2D eigenvalue weighted by Crippen LogP contribution is -2.24. The highest BCUT2D eigenvalue weighted by atomic mass is 32.1. The number of ether oxygens (including phenoxy) is 1. The number of rotatable bonds is 4. The van der Waals surface area contributed by atoms with Crippen LogP contribution < -0.4 is 5.32 Å². The van der Waals surface area contributed by atoms with Gasteiger partial charge in [0.15, 0.2) is 0 Å². The summed E-state index contributed by atoms with van der Waals surface area (Å²) in [6.07, 6.45) is 7.15. The highest BCUT2D eigenvalue weighted by molar-refractivity contribution is 7.16. The molecule has 24 heavy (non-hydrogen) atoms. The summed E-state index contributed by atoms with van der Waals surface area (Å²) in [6.45, 7) is 1.55. The van der Waals surface area contributed by atoms with Crippen molar-refractivity contribution in [1.29, 1.82) is 0 Å². The van der Waals surface area contributed by atoms with E-state index in [1.807, 2.05) is 23.0 Å². The molecule has 0 radical (unpaired) electrons. The Labute approximate surface area is 143 Å². The molecule has 1 saturated heterocycles. The first-order chi connectivity index (χ1) is 11.8. The van der Waals surface area contributed by atoms with Gasteiger partial charge in [0.25, 0.3) is 5.91 Å². The summed E-state index contributed by atoms with van der Waals surface area (Å²) >= 11 is 1.53. The Hall–Kier alpha value is -2.25. The van der Waals surface area contributed by atoms with Crippen LogP contribution in [0.2, 0.25) is 0 Å². The van der Waals surface area contributed by atoms with Gasteiger partial charge in [-0.3, -0.25) is 9.48 Å². The lowest BCUT2D eigenvalue weighted by molar-refractivity contribution is 0.00401. The van der Waals surface area contributed by atoms with Crippen molar-refractivity contribution in [3.05, 3.63) is 41.7 Å². The molecule has 2 aromatic heterocycles. The molecule has 0 spiro atoms. The fraction of sp³-hybridized carbons (Fsp3) is 0.353. The number of hydrogen-bond donors (Lipinski definition) is 1. The average Bonchev–Trinajstić information content (AvgIpc) is 3.24. The second-order valence-electron chi connectivity index (χ2n) is 5.93. The van der Waals surface area contributed by atoms with Crippen LogP contribution >= 0.6 is 11.3 Å². The Balaban J connectivity index is 1.41. The zero-order valence-corrected chi connectivity index (χ0v) is 14.0. The van der Waals surface area contributed by atoms with Crippen LogP contribution in [0.25, 0.3) is 10.2 Å². The lowest BCUT2D eigenvalue weighted by Gasteiger charge is -2.22. The van der Waals surface area contributed by atoms with Crippen LogP contribution in [0.4, 0.5) is 5.69 Å². The van der Waals surface area contributed by atoms with Crippen molar-refractivity contribution in [2.75, 3.05) is 11.9 Å². The van der Waals surface area contributed by atoms with Gasteiger partial charge in [-0.05, 0) is 37.5 Å². The third kappa shape index (κ3) is 3.32. The van der Waals surface area contributed by atoms with E-state index < -0.39 is 0 Å². The molecule has 1 aliphatic heterocycles. The normalized spacial score (nSPS) is 17.9. The molecule has 1 fully saturated rings. The van der Waals surface area contributed by atoms with E-state index in [1.54, 1.807) is 17.8 Å². The van der Waals surface area contributed by atoms with E-state index >= 15 is 0 Å². The molecular weight excluding hydrogens is 324 g/mol. The number of benzene rings is 1. The maximum atomic E-state index is 12.4. The quantitative estimate of drug-likeness (QED) is 0.790. The van der Waals surface area contributed by atoms with Gasteiger partial charge in [-0.1, -0.05) is 0 Å². The van der Waals surface area contributed by atoms with Crippen LogP contribution in [0, 0.1) is 0 Å². The second kappa shape index (κ2) is 6.70. The Morgan fingerprint density at radius 3 is 3.25 bits per heavy atom. The topological polar surface area (TPSA) is 69.0 Å². The molecule has 6 nitrogen and oxygen atoms in total. The Kier molecular flexibility index (Phi) is 4.27. The average molecular weight is 342 g/mol. The monoisotopic (exact) mass is 342 g/mol. The summed E-state index contributed by atoms with van der Waals surface area (Å²) in [4.78, 5) is 16.6. The van der Waals surface area contributed by atoms with Crippen molar-refractivity contribution in [1.82, 2.24) is 14.8 Å². The minimum absolute atomic E-state index is 0.140. The van der Waals surface area contributed by atoms with Gasteiger partial charge in [0, 0.05) is 18.4 Å². The maximum Gasteiger partial charge on any atom is 0.255 e. The molecule has 0 unspecified atom stereocenters. The number of carbonyl (C=O) groups excluding carboxylic acids is 1. The number of nitrogens with one attached hydrogen (secondary N) is 1. The van der Waals surface area contributed by atoms with Crippen molar-refractivity contribution in [3.63, 3.8) is 0 Å². The van der Waals surface area contributed by atoms with Gasteiger partial charge in [-0.25, -0.2) is 4.98 Å². The minimum Gasteiger partial charge on any atom is -0.376 e.